The van der Waals surface area contributed by atoms with Gasteiger partial charge in [0.25, 0.3) is 0 Å². The van der Waals surface area contributed by atoms with E-state index in [1.54, 1.807) is 0 Å². The van der Waals surface area contributed by atoms with Crippen molar-refractivity contribution in [3.63, 3.8) is 0 Å². The molecule has 2 nitrogen and oxygen atoms in total. The summed E-state index contributed by atoms with van der Waals surface area (Å²) in [6, 6.07) is 8.58. The van der Waals surface area contributed by atoms with Gasteiger partial charge in [0.1, 0.15) is 0 Å². The lowest BCUT2D eigenvalue weighted by Gasteiger charge is -2.20. The molecule has 1 saturated heterocycles. The van der Waals surface area contributed by atoms with Crippen molar-refractivity contribution in [2.24, 2.45) is 0 Å². The van der Waals surface area contributed by atoms with E-state index in [9.17, 15) is 5.11 Å². The summed E-state index contributed by atoms with van der Waals surface area (Å²) in [5, 5.41) is 10.1. The molecule has 2 atom stereocenters. The first-order valence-electron chi connectivity index (χ1n) is 6.86. The maximum absolute atomic E-state index is 10.1. The van der Waals surface area contributed by atoms with E-state index >= 15 is 0 Å². The van der Waals surface area contributed by atoms with Gasteiger partial charge in [-0.15, -0.1) is 0 Å². The quantitative estimate of drug-likeness (QED) is 0.891. The molecule has 0 aliphatic carbocycles. The van der Waals surface area contributed by atoms with Crippen molar-refractivity contribution < 1.29 is 9.84 Å². The van der Waals surface area contributed by atoms with E-state index in [4.69, 9.17) is 4.74 Å². The number of ether oxygens (including phenoxy) is 1. The highest BCUT2D eigenvalue weighted by Gasteiger charge is 2.24. The van der Waals surface area contributed by atoms with E-state index in [2.05, 4.69) is 45.0 Å². The van der Waals surface area contributed by atoms with Crippen molar-refractivity contribution in [1.82, 2.24) is 0 Å². The van der Waals surface area contributed by atoms with Gasteiger partial charge in [-0.1, -0.05) is 45.0 Å². The molecule has 0 aromatic heterocycles. The summed E-state index contributed by atoms with van der Waals surface area (Å²) in [4.78, 5) is 0. The summed E-state index contributed by atoms with van der Waals surface area (Å²) in [5.74, 6) is 0. The van der Waals surface area contributed by atoms with Crippen molar-refractivity contribution in [1.29, 1.82) is 0 Å². The fourth-order valence-corrected chi connectivity index (χ4v) is 2.42. The van der Waals surface area contributed by atoms with Gasteiger partial charge in [0.2, 0.25) is 0 Å². The Morgan fingerprint density at radius 1 is 1.28 bits per heavy atom. The lowest BCUT2D eigenvalue weighted by molar-refractivity contribution is -0.000774. The van der Waals surface area contributed by atoms with Crippen molar-refractivity contribution in [3.8, 4) is 0 Å². The predicted molar refractivity (Wildman–Crippen MR) is 73.8 cm³/mol. The largest absolute Gasteiger partial charge is 0.390 e. The number of aliphatic hydroxyl groups is 1. The number of benzene rings is 1. The molecule has 2 rings (SSSR count). The molecule has 1 heterocycles. The average molecular weight is 248 g/mol. The Kier molecular flexibility index (Phi) is 4.08. The topological polar surface area (TPSA) is 29.5 Å². The minimum Gasteiger partial charge on any atom is -0.390 e. The zero-order chi connectivity index (χ0) is 13.2. The standard InChI is InChI=1S/C16H24O2/c1-16(2,3)13-8-6-12(7-9-13)11-14(17)15-5-4-10-18-15/h6-9,14-15,17H,4-5,10-11H2,1-3H3. The maximum atomic E-state index is 10.1. The zero-order valence-electron chi connectivity index (χ0n) is 11.6. The van der Waals surface area contributed by atoms with Crippen LogP contribution in [0.25, 0.3) is 0 Å². The summed E-state index contributed by atoms with van der Waals surface area (Å²) in [6.07, 6.45) is 2.42. The van der Waals surface area contributed by atoms with Gasteiger partial charge in [0, 0.05) is 13.0 Å². The molecule has 18 heavy (non-hydrogen) atoms. The lowest BCUT2D eigenvalue weighted by Crippen LogP contribution is -2.27. The van der Waals surface area contributed by atoms with E-state index in [-0.39, 0.29) is 17.6 Å². The molecular weight excluding hydrogens is 224 g/mol. The van der Waals surface area contributed by atoms with Crippen LogP contribution in [0.2, 0.25) is 0 Å². The summed E-state index contributed by atoms with van der Waals surface area (Å²) >= 11 is 0. The Labute approximate surface area is 110 Å². The Hall–Kier alpha value is -0.860. The van der Waals surface area contributed by atoms with Crippen LogP contribution in [0.15, 0.2) is 24.3 Å². The minimum absolute atomic E-state index is 0.0345. The molecule has 1 aliphatic rings. The van der Waals surface area contributed by atoms with E-state index in [0.717, 1.165) is 19.4 Å². The van der Waals surface area contributed by atoms with Crippen LogP contribution in [0.3, 0.4) is 0 Å². The molecule has 0 amide bonds. The second kappa shape index (κ2) is 5.41. The summed E-state index contributed by atoms with van der Waals surface area (Å²) in [6.45, 7) is 7.43. The second-order valence-corrected chi connectivity index (χ2v) is 6.27. The Balaban J connectivity index is 1.97. The molecule has 2 unspecified atom stereocenters. The van der Waals surface area contributed by atoms with Gasteiger partial charge in [-0.05, 0) is 29.4 Å². The SMILES string of the molecule is CC(C)(C)c1ccc(CC(O)C2CCCO2)cc1. The first-order valence-corrected chi connectivity index (χ1v) is 6.86. The highest BCUT2D eigenvalue weighted by molar-refractivity contribution is 5.27. The molecule has 2 heteroatoms. The van der Waals surface area contributed by atoms with Crippen LogP contribution in [0.1, 0.15) is 44.7 Å². The smallest absolute Gasteiger partial charge is 0.0842 e. The van der Waals surface area contributed by atoms with Crippen molar-refractivity contribution in [2.75, 3.05) is 6.61 Å². The second-order valence-electron chi connectivity index (χ2n) is 6.27. The van der Waals surface area contributed by atoms with Crippen LogP contribution < -0.4 is 0 Å². The third-order valence-corrected chi connectivity index (χ3v) is 3.66. The third kappa shape index (κ3) is 3.33. The predicted octanol–water partition coefficient (Wildman–Crippen LogP) is 3.07. The number of rotatable bonds is 3. The van der Waals surface area contributed by atoms with Gasteiger partial charge < -0.3 is 9.84 Å². The molecule has 100 valence electrons. The van der Waals surface area contributed by atoms with Gasteiger partial charge in [-0.3, -0.25) is 0 Å². The third-order valence-electron chi connectivity index (χ3n) is 3.66. The van der Waals surface area contributed by atoms with Crippen molar-refractivity contribution in [3.05, 3.63) is 35.4 Å². The van der Waals surface area contributed by atoms with Gasteiger partial charge in [0.05, 0.1) is 12.2 Å². The molecule has 0 radical (unpaired) electrons. The van der Waals surface area contributed by atoms with Gasteiger partial charge >= 0.3 is 0 Å². The van der Waals surface area contributed by atoms with Crippen molar-refractivity contribution in [2.45, 2.75) is 57.7 Å². The molecule has 1 fully saturated rings. The van der Waals surface area contributed by atoms with Crippen LogP contribution in [0.4, 0.5) is 0 Å². The molecule has 1 aliphatic heterocycles. The molecule has 0 saturated carbocycles. The summed E-state index contributed by atoms with van der Waals surface area (Å²) in [7, 11) is 0. The molecule has 1 aromatic rings. The Morgan fingerprint density at radius 3 is 2.44 bits per heavy atom. The minimum atomic E-state index is -0.368. The molecule has 1 aromatic carbocycles. The van der Waals surface area contributed by atoms with Gasteiger partial charge in [-0.25, -0.2) is 0 Å². The Morgan fingerprint density at radius 2 is 1.94 bits per heavy atom. The lowest BCUT2D eigenvalue weighted by atomic mass is 9.86. The van der Waals surface area contributed by atoms with E-state index < -0.39 is 0 Å². The van der Waals surface area contributed by atoms with E-state index in [0.29, 0.717) is 6.42 Å². The van der Waals surface area contributed by atoms with E-state index in [1.165, 1.54) is 11.1 Å². The summed E-state index contributed by atoms with van der Waals surface area (Å²) in [5.41, 5.74) is 2.70. The monoisotopic (exact) mass is 248 g/mol. The molecule has 0 spiro atoms. The average Bonchev–Trinajstić information content (AvgIpc) is 2.82. The fourth-order valence-electron chi connectivity index (χ4n) is 2.42. The first kappa shape index (κ1) is 13.6. The molecule has 0 bridgehead atoms. The number of aliphatic hydroxyl groups excluding tert-OH is 1. The summed E-state index contributed by atoms with van der Waals surface area (Å²) < 4.78 is 5.51. The highest BCUT2D eigenvalue weighted by atomic mass is 16.5. The highest BCUT2D eigenvalue weighted by Crippen LogP contribution is 2.23. The number of hydrogen-bond donors (Lipinski definition) is 1. The van der Waals surface area contributed by atoms with Crippen molar-refractivity contribution >= 4 is 0 Å². The molecule has 1 N–H and O–H groups in total. The normalized spacial score (nSPS) is 22.1. The fraction of sp³-hybridized carbons (Fsp3) is 0.625. The number of hydrogen-bond acceptors (Lipinski definition) is 2. The van der Waals surface area contributed by atoms with Crippen LogP contribution in [-0.2, 0) is 16.6 Å². The van der Waals surface area contributed by atoms with E-state index in [1.807, 2.05) is 0 Å². The van der Waals surface area contributed by atoms with Crippen LogP contribution >= 0.6 is 0 Å². The van der Waals surface area contributed by atoms with Gasteiger partial charge in [-0.2, -0.15) is 0 Å². The maximum Gasteiger partial charge on any atom is 0.0842 e. The Bertz CT molecular complexity index is 369. The van der Waals surface area contributed by atoms with Gasteiger partial charge in [0.15, 0.2) is 0 Å². The zero-order valence-corrected chi connectivity index (χ0v) is 11.6. The van der Waals surface area contributed by atoms with Crippen LogP contribution in [-0.4, -0.2) is 23.9 Å². The van der Waals surface area contributed by atoms with Crippen LogP contribution in [0, 0.1) is 0 Å². The first-order chi connectivity index (χ1) is 8.47. The molecular formula is C16H24O2. The van der Waals surface area contributed by atoms with Crippen LogP contribution in [0.5, 0.6) is 0 Å².